The van der Waals surface area contributed by atoms with Crippen LogP contribution in [-0.2, 0) is 0 Å². The van der Waals surface area contributed by atoms with Crippen molar-refractivity contribution in [1.82, 2.24) is 10.1 Å². The van der Waals surface area contributed by atoms with Crippen molar-refractivity contribution in [2.24, 2.45) is 0 Å². The molecule has 0 fully saturated rings. The third kappa shape index (κ3) is 2.36. The first-order valence-corrected chi connectivity index (χ1v) is 5.73. The molecule has 0 bridgehead atoms. The second-order valence-corrected chi connectivity index (χ2v) is 4.52. The van der Waals surface area contributed by atoms with E-state index in [1.54, 1.807) is 6.07 Å². The molecule has 0 aliphatic heterocycles. The highest BCUT2D eigenvalue weighted by atomic mass is 35.5. The zero-order chi connectivity index (χ0) is 13.3. The fraction of sp³-hybridized carbons (Fsp3) is 0.250. The standard InChI is InChI=1S/C12H11ClN2O3/c1-6(2)11-14-10(15-18-11)7-3-4-8(12(16)17)9(13)5-7/h3-6H,1-2H3,(H,16,17). The first-order valence-electron chi connectivity index (χ1n) is 5.36. The summed E-state index contributed by atoms with van der Waals surface area (Å²) >= 11 is 5.88. The SMILES string of the molecule is CC(C)c1nc(-c2ccc(C(=O)O)c(Cl)c2)no1. The highest BCUT2D eigenvalue weighted by Gasteiger charge is 2.14. The highest BCUT2D eigenvalue weighted by molar-refractivity contribution is 6.33. The van der Waals surface area contributed by atoms with Crippen molar-refractivity contribution in [2.45, 2.75) is 19.8 Å². The predicted molar refractivity (Wildman–Crippen MR) is 65.8 cm³/mol. The van der Waals surface area contributed by atoms with Gasteiger partial charge < -0.3 is 9.63 Å². The summed E-state index contributed by atoms with van der Waals surface area (Å²) in [5, 5.41) is 12.8. The van der Waals surface area contributed by atoms with Gasteiger partial charge in [-0.1, -0.05) is 36.7 Å². The molecule has 2 rings (SSSR count). The van der Waals surface area contributed by atoms with Gasteiger partial charge in [0.15, 0.2) is 0 Å². The summed E-state index contributed by atoms with van der Waals surface area (Å²) in [4.78, 5) is 15.0. The minimum atomic E-state index is -1.07. The maximum atomic E-state index is 10.8. The zero-order valence-corrected chi connectivity index (χ0v) is 10.6. The molecule has 0 atom stereocenters. The van der Waals surface area contributed by atoms with E-state index >= 15 is 0 Å². The maximum absolute atomic E-state index is 10.8. The Labute approximate surface area is 108 Å². The van der Waals surface area contributed by atoms with Gasteiger partial charge in [-0.3, -0.25) is 0 Å². The van der Waals surface area contributed by atoms with Crippen molar-refractivity contribution in [2.75, 3.05) is 0 Å². The minimum absolute atomic E-state index is 0.0491. The van der Waals surface area contributed by atoms with E-state index in [1.807, 2.05) is 13.8 Å². The van der Waals surface area contributed by atoms with Gasteiger partial charge in [0.1, 0.15) is 0 Å². The van der Waals surface area contributed by atoms with Gasteiger partial charge in [-0.05, 0) is 12.1 Å². The smallest absolute Gasteiger partial charge is 0.337 e. The highest BCUT2D eigenvalue weighted by Crippen LogP contribution is 2.25. The summed E-state index contributed by atoms with van der Waals surface area (Å²) in [5.41, 5.74) is 0.675. The normalized spacial score (nSPS) is 10.9. The number of hydrogen-bond acceptors (Lipinski definition) is 4. The number of carboxylic acids is 1. The van der Waals surface area contributed by atoms with Crippen molar-refractivity contribution in [3.8, 4) is 11.4 Å². The van der Waals surface area contributed by atoms with E-state index in [-0.39, 0.29) is 16.5 Å². The fourth-order valence-corrected chi connectivity index (χ4v) is 1.68. The molecule has 1 N–H and O–H groups in total. The molecule has 0 amide bonds. The molecular weight excluding hydrogens is 256 g/mol. The number of aromatic nitrogens is 2. The lowest BCUT2D eigenvalue weighted by molar-refractivity contribution is 0.0697. The van der Waals surface area contributed by atoms with Crippen molar-refractivity contribution in [3.05, 3.63) is 34.7 Å². The van der Waals surface area contributed by atoms with E-state index in [9.17, 15) is 4.79 Å². The van der Waals surface area contributed by atoms with Gasteiger partial charge >= 0.3 is 5.97 Å². The van der Waals surface area contributed by atoms with Crippen LogP contribution >= 0.6 is 11.6 Å². The number of nitrogens with zero attached hydrogens (tertiary/aromatic N) is 2. The van der Waals surface area contributed by atoms with Crippen LogP contribution in [0.4, 0.5) is 0 Å². The van der Waals surface area contributed by atoms with Crippen LogP contribution in [0.2, 0.25) is 5.02 Å². The van der Waals surface area contributed by atoms with Crippen molar-refractivity contribution in [3.63, 3.8) is 0 Å². The Bertz CT molecular complexity index is 593. The Morgan fingerprint density at radius 1 is 1.44 bits per heavy atom. The quantitative estimate of drug-likeness (QED) is 0.923. The molecule has 0 radical (unpaired) electrons. The molecule has 0 aliphatic rings. The Balaban J connectivity index is 2.39. The molecule has 2 aromatic rings. The first-order chi connectivity index (χ1) is 8.49. The maximum Gasteiger partial charge on any atom is 0.337 e. The number of aromatic carboxylic acids is 1. The number of hydrogen-bond donors (Lipinski definition) is 1. The number of carboxylic acid groups (broad SMARTS) is 1. The molecular formula is C12H11ClN2O3. The Hall–Kier alpha value is -1.88. The lowest BCUT2D eigenvalue weighted by atomic mass is 10.1. The predicted octanol–water partition coefficient (Wildman–Crippen LogP) is 3.21. The topological polar surface area (TPSA) is 76.2 Å². The van der Waals surface area contributed by atoms with Crippen molar-refractivity contribution in [1.29, 1.82) is 0 Å². The lowest BCUT2D eigenvalue weighted by Gasteiger charge is -2.00. The number of carbonyl (C=O) groups is 1. The van der Waals surface area contributed by atoms with Gasteiger partial charge in [0.05, 0.1) is 10.6 Å². The number of halogens is 1. The molecule has 1 heterocycles. The molecule has 0 spiro atoms. The summed E-state index contributed by atoms with van der Waals surface area (Å²) in [6, 6.07) is 4.54. The van der Waals surface area contributed by atoms with Gasteiger partial charge in [0.25, 0.3) is 0 Å². The van der Waals surface area contributed by atoms with E-state index in [1.165, 1.54) is 12.1 Å². The summed E-state index contributed by atoms with van der Waals surface area (Å²) in [7, 11) is 0. The van der Waals surface area contributed by atoms with Crippen LogP contribution in [0.25, 0.3) is 11.4 Å². The monoisotopic (exact) mass is 266 g/mol. The Morgan fingerprint density at radius 3 is 2.67 bits per heavy atom. The summed E-state index contributed by atoms with van der Waals surface area (Å²) < 4.78 is 5.08. The molecule has 18 heavy (non-hydrogen) atoms. The molecule has 0 saturated carbocycles. The number of benzene rings is 1. The lowest BCUT2D eigenvalue weighted by Crippen LogP contribution is -1.97. The van der Waals surface area contributed by atoms with Crippen LogP contribution in [0.3, 0.4) is 0 Å². The Morgan fingerprint density at radius 2 is 2.17 bits per heavy atom. The van der Waals surface area contributed by atoms with E-state index < -0.39 is 5.97 Å². The van der Waals surface area contributed by atoms with Crippen LogP contribution in [-0.4, -0.2) is 21.2 Å². The largest absolute Gasteiger partial charge is 0.478 e. The van der Waals surface area contributed by atoms with Crippen LogP contribution in [0.15, 0.2) is 22.7 Å². The van der Waals surface area contributed by atoms with Gasteiger partial charge in [0.2, 0.25) is 11.7 Å². The summed E-state index contributed by atoms with van der Waals surface area (Å²) in [6.45, 7) is 3.88. The third-order valence-corrected chi connectivity index (χ3v) is 2.71. The third-order valence-electron chi connectivity index (χ3n) is 2.39. The summed E-state index contributed by atoms with van der Waals surface area (Å²) in [6.07, 6.45) is 0. The molecule has 0 saturated heterocycles. The van der Waals surface area contributed by atoms with Crippen molar-refractivity contribution < 1.29 is 14.4 Å². The van der Waals surface area contributed by atoms with Gasteiger partial charge in [-0.15, -0.1) is 0 Å². The van der Waals surface area contributed by atoms with Gasteiger partial charge in [-0.25, -0.2) is 4.79 Å². The zero-order valence-electron chi connectivity index (χ0n) is 9.85. The van der Waals surface area contributed by atoms with Crippen molar-refractivity contribution >= 4 is 17.6 Å². The second kappa shape index (κ2) is 4.78. The van der Waals surface area contributed by atoms with E-state index in [2.05, 4.69) is 10.1 Å². The average molecular weight is 267 g/mol. The van der Waals surface area contributed by atoms with Crippen LogP contribution in [0, 0.1) is 0 Å². The molecule has 6 heteroatoms. The average Bonchev–Trinajstić information content (AvgIpc) is 2.77. The second-order valence-electron chi connectivity index (χ2n) is 4.11. The molecule has 0 aliphatic carbocycles. The van der Waals surface area contributed by atoms with Gasteiger partial charge in [0, 0.05) is 11.5 Å². The molecule has 0 unspecified atom stereocenters. The van der Waals surface area contributed by atoms with Crippen LogP contribution in [0.5, 0.6) is 0 Å². The fourth-order valence-electron chi connectivity index (χ4n) is 1.41. The van der Waals surface area contributed by atoms with Crippen LogP contribution in [0.1, 0.15) is 36.0 Å². The Kier molecular flexibility index (Phi) is 3.34. The molecule has 1 aromatic heterocycles. The van der Waals surface area contributed by atoms with Crippen LogP contribution < -0.4 is 0 Å². The minimum Gasteiger partial charge on any atom is -0.478 e. The summed E-state index contributed by atoms with van der Waals surface area (Å²) in [5.74, 6) is 0.00326. The first kappa shape index (κ1) is 12.6. The molecule has 94 valence electrons. The van der Waals surface area contributed by atoms with E-state index in [4.69, 9.17) is 21.2 Å². The van der Waals surface area contributed by atoms with Gasteiger partial charge in [-0.2, -0.15) is 4.98 Å². The van der Waals surface area contributed by atoms with E-state index in [0.29, 0.717) is 17.3 Å². The molecule has 1 aromatic carbocycles. The van der Waals surface area contributed by atoms with E-state index in [0.717, 1.165) is 0 Å². The number of rotatable bonds is 3. The molecule has 5 nitrogen and oxygen atoms in total.